The summed E-state index contributed by atoms with van der Waals surface area (Å²) in [5, 5.41) is 0. The average molecular weight is 338 g/mol. The summed E-state index contributed by atoms with van der Waals surface area (Å²) < 4.78 is 1.53. The summed E-state index contributed by atoms with van der Waals surface area (Å²) in [5.41, 5.74) is 2.53. The lowest BCUT2D eigenvalue weighted by Crippen LogP contribution is -2.29. The molecule has 4 nitrogen and oxygen atoms in total. The van der Waals surface area contributed by atoms with Gasteiger partial charge < -0.3 is 0 Å². The highest BCUT2D eigenvalue weighted by Gasteiger charge is 2.10. The average Bonchev–Trinajstić information content (AvgIpc) is 2.61. The number of thioether (sulfide) groups is 1. The first-order valence-electron chi connectivity index (χ1n) is 7.72. The molecule has 0 aliphatic carbocycles. The highest BCUT2D eigenvalue weighted by molar-refractivity contribution is 7.98. The minimum absolute atomic E-state index is 0.397. The number of nitrogens with zero attached hydrogens (tertiary/aromatic N) is 1. The standard InChI is InChI=1S/C19H18N2O2S/c1-3-13-4-6-14(7-5-13)17-12-18(22)20-19(23)21(17)15-8-10-16(24-2)11-9-15/h4-12H,3H2,1-2H3,(H,20,22,23). The summed E-state index contributed by atoms with van der Waals surface area (Å²) in [6.07, 6.45) is 2.94. The van der Waals surface area contributed by atoms with Crippen LogP contribution in [0.15, 0.2) is 69.1 Å². The Kier molecular flexibility index (Phi) is 4.71. The molecule has 0 atom stereocenters. The SMILES string of the molecule is CCc1ccc(-c2cc(=O)[nH]c(=O)n2-c2ccc(SC)cc2)cc1. The predicted molar refractivity (Wildman–Crippen MR) is 99.3 cm³/mol. The molecule has 3 rings (SSSR count). The molecule has 0 spiro atoms. The number of benzene rings is 2. The van der Waals surface area contributed by atoms with Gasteiger partial charge in [-0.2, -0.15) is 0 Å². The molecule has 5 heteroatoms. The molecule has 1 aromatic heterocycles. The number of aromatic nitrogens is 2. The maximum absolute atomic E-state index is 12.4. The van der Waals surface area contributed by atoms with Crippen molar-refractivity contribution in [2.75, 3.05) is 6.26 Å². The maximum atomic E-state index is 12.4. The molecule has 122 valence electrons. The number of hydrogen-bond acceptors (Lipinski definition) is 3. The molecule has 1 heterocycles. The van der Waals surface area contributed by atoms with E-state index in [9.17, 15) is 9.59 Å². The number of aromatic amines is 1. The van der Waals surface area contributed by atoms with Crippen LogP contribution in [-0.2, 0) is 6.42 Å². The van der Waals surface area contributed by atoms with Crippen molar-refractivity contribution >= 4 is 11.8 Å². The van der Waals surface area contributed by atoms with Crippen LogP contribution in [0, 0.1) is 0 Å². The predicted octanol–water partition coefficient (Wildman–Crippen LogP) is 3.48. The fourth-order valence-electron chi connectivity index (χ4n) is 2.61. The van der Waals surface area contributed by atoms with Gasteiger partial charge >= 0.3 is 5.69 Å². The van der Waals surface area contributed by atoms with Gasteiger partial charge in [-0.1, -0.05) is 31.2 Å². The maximum Gasteiger partial charge on any atom is 0.333 e. The summed E-state index contributed by atoms with van der Waals surface area (Å²) >= 11 is 1.64. The third-order valence-electron chi connectivity index (χ3n) is 3.93. The lowest BCUT2D eigenvalue weighted by atomic mass is 10.1. The van der Waals surface area contributed by atoms with Gasteiger partial charge in [0.1, 0.15) is 0 Å². The van der Waals surface area contributed by atoms with Crippen molar-refractivity contribution in [2.45, 2.75) is 18.2 Å². The quantitative estimate of drug-likeness (QED) is 0.741. The molecule has 0 bridgehead atoms. The Hall–Kier alpha value is -2.53. The fraction of sp³-hybridized carbons (Fsp3) is 0.158. The van der Waals surface area contributed by atoms with Crippen LogP contribution in [0.2, 0.25) is 0 Å². The molecule has 0 unspecified atom stereocenters. The Morgan fingerprint density at radius 2 is 1.67 bits per heavy atom. The molecular formula is C19H18N2O2S. The van der Waals surface area contributed by atoms with E-state index in [4.69, 9.17) is 0 Å². The zero-order chi connectivity index (χ0) is 17.1. The van der Waals surface area contributed by atoms with Crippen LogP contribution < -0.4 is 11.2 Å². The fourth-order valence-corrected chi connectivity index (χ4v) is 3.02. The lowest BCUT2D eigenvalue weighted by Gasteiger charge is -2.13. The number of nitrogens with one attached hydrogen (secondary N) is 1. The van der Waals surface area contributed by atoms with Crippen LogP contribution in [0.3, 0.4) is 0 Å². The highest BCUT2D eigenvalue weighted by Crippen LogP contribution is 2.22. The van der Waals surface area contributed by atoms with Gasteiger partial charge in [0.25, 0.3) is 5.56 Å². The Morgan fingerprint density at radius 3 is 2.25 bits per heavy atom. The summed E-state index contributed by atoms with van der Waals surface area (Å²) in [5.74, 6) is 0. The second-order valence-corrected chi connectivity index (χ2v) is 6.29. The van der Waals surface area contributed by atoms with E-state index >= 15 is 0 Å². The number of aryl methyl sites for hydroxylation is 1. The lowest BCUT2D eigenvalue weighted by molar-refractivity contribution is 0.903. The normalized spacial score (nSPS) is 10.8. The molecule has 24 heavy (non-hydrogen) atoms. The van der Waals surface area contributed by atoms with E-state index in [0.717, 1.165) is 22.6 Å². The topological polar surface area (TPSA) is 54.9 Å². The Morgan fingerprint density at radius 1 is 1.00 bits per heavy atom. The zero-order valence-electron chi connectivity index (χ0n) is 13.6. The molecule has 1 N–H and O–H groups in total. The molecule has 2 aromatic carbocycles. The molecule has 3 aromatic rings. The molecule has 0 saturated carbocycles. The Balaban J connectivity index is 2.20. The second kappa shape index (κ2) is 6.93. The van der Waals surface area contributed by atoms with Crippen molar-refractivity contribution in [3.8, 4) is 16.9 Å². The first-order chi connectivity index (χ1) is 11.6. The molecule has 0 aliphatic rings. The zero-order valence-corrected chi connectivity index (χ0v) is 14.4. The third-order valence-corrected chi connectivity index (χ3v) is 4.67. The molecule has 0 saturated heterocycles. The number of H-pyrrole nitrogens is 1. The highest BCUT2D eigenvalue weighted by atomic mass is 32.2. The minimum atomic E-state index is -0.436. The first-order valence-corrected chi connectivity index (χ1v) is 8.95. The Labute approximate surface area is 144 Å². The van der Waals surface area contributed by atoms with E-state index in [1.807, 2.05) is 54.8 Å². The van der Waals surface area contributed by atoms with Gasteiger partial charge in [-0.15, -0.1) is 11.8 Å². The van der Waals surface area contributed by atoms with Gasteiger partial charge in [0.2, 0.25) is 0 Å². The minimum Gasteiger partial charge on any atom is -0.274 e. The van der Waals surface area contributed by atoms with Crippen LogP contribution in [0.1, 0.15) is 12.5 Å². The number of hydrogen-bond donors (Lipinski definition) is 1. The molecule has 0 aliphatic heterocycles. The van der Waals surface area contributed by atoms with Gasteiger partial charge in [-0.3, -0.25) is 14.3 Å². The summed E-state index contributed by atoms with van der Waals surface area (Å²) in [4.78, 5) is 27.7. The molecule has 0 amide bonds. The van der Waals surface area contributed by atoms with Crippen LogP contribution >= 0.6 is 11.8 Å². The molecule has 0 radical (unpaired) electrons. The first kappa shape index (κ1) is 16.3. The van der Waals surface area contributed by atoms with Gasteiger partial charge in [0.05, 0.1) is 11.4 Å². The molecule has 0 fully saturated rings. The van der Waals surface area contributed by atoms with Crippen molar-refractivity contribution in [3.63, 3.8) is 0 Å². The summed E-state index contributed by atoms with van der Waals surface area (Å²) in [6.45, 7) is 2.09. The van der Waals surface area contributed by atoms with E-state index in [-0.39, 0.29) is 0 Å². The van der Waals surface area contributed by atoms with Crippen molar-refractivity contribution in [3.05, 3.63) is 81.0 Å². The van der Waals surface area contributed by atoms with Gasteiger partial charge in [-0.25, -0.2) is 4.79 Å². The second-order valence-electron chi connectivity index (χ2n) is 5.41. The van der Waals surface area contributed by atoms with Crippen LogP contribution in [0.25, 0.3) is 16.9 Å². The van der Waals surface area contributed by atoms with E-state index in [1.54, 1.807) is 11.8 Å². The van der Waals surface area contributed by atoms with Gasteiger partial charge in [0.15, 0.2) is 0 Å². The van der Waals surface area contributed by atoms with Gasteiger partial charge in [-0.05, 0) is 48.1 Å². The van der Waals surface area contributed by atoms with Crippen molar-refractivity contribution < 1.29 is 0 Å². The van der Waals surface area contributed by atoms with Crippen LogP contribution in [-0.4, -0.2) is 15.8 Å². The largest absolute Gasteiger partial charge is 0.333 e. The Bertz CT molecular complexity index is 954. The summed E-state index contributed by atoms with van der Waals surface area (Å²) in [7, 11) is 0. The third kappa shape index (κ3) is 3.21. The van der Waals surface area contributed by atoms with Crippen molar-refractivity contribution in [1.29, 1.82) is 0 Å². The van der Waals surface area contributed by atoms with Crippen molar-refractivity contribution in [2.24, 2.45) is 0 Å². The van der Waals surface area contributed by atoms with Crippen molar-refractivity contribution in [1.82, 2.24) is 9.55 Å². The summed E-state index contributed by atoms with van der Waals surface area (Å²) in [6, 6.07) is 17.1. The molecular weight excluding hydrogens is 320 g/mol. The number of rotatable bonds is 4. The smallest absolute Gasteiger partial charge is 0.274 e. The van der Waals surface area contributed by atoms with E-state index < -0.39 is 11.2 Å². The van der Waals surface area contributed by atoms with E-state index in [1.165, 1.54) is 16.2 Å². The van der Waals surface area contributed by atoms with Crippen LogP contribution in [0.5, 0.6) is 0 Å². The van der Waals surface area contributed by atoms with E-state index in [0.29, 0.717) is 5.69 Å². The van der Waals surface area contributed by atoms with Gasteiger partial charge in [0, 0.05) is 11.0 Å². The van der Waals surface area contributed by atoms with E-state index in [2.05, 4.69) is 11.9 Å². The monoisotopic (exact) mass is 338 g/mol. The van der Waals surface area contributed by atoms with Crippen LogP contribution in [0.4, 0.5) is 0 Å².